The first-order chi connectivity index (χ1) is 14.5. The lowest BCUT2D eigenvalue weighted by molar-refractivity contribution is -0.124. The standard InChI is InChI=1S/C24H32N4OS/c1-27(2)18-15-26-23(30)28-16-13-21(14-17-28)24(22(25)29,19-9-5-3-6-10-19)20-11-7-4-8-12-20/h3-12,21H,13-18H2,1-2H3,(H2,25,29)(H,26,30). The average Bonchev–Trinajstić information content (AvgIpc) is 2.76. The number of amides is 1. The number of nitrogens with zero attached hydrogens (tertiary/aromatic N) is 2. The summed E-state index contributed by atoms with van der Waals surface area (Å²) < 4.78 is 0. The summed E-state index contributed by atoms with van der Waals surface area (Å²) in [5.74, 6) is -0.175. The van der Waals surface area contributed by atoms with Crippen LogP contribution < -0.4 is 11.1 Å². The van der Waals surface area contributed by atoms with Crippen LogP contribution in [-0.4, -0.2) is 61.1 Å². The zero-order valence-corrected chi connectivity index (χ0v) is 18.7. The van der Waals surface area contributed by atoms with Gasteiger partial charge in [-0.05, 0) is 56.2 Å². The third kappa shape index (κ3) is 4.65. The van der Waals surface area contributed by atoms with E-state index in [1.807, 2.05) is 74.8 Å². The fourth-order valence-electron chi connectivity index (χ4n) is 4.54. The van der Waals surface area contributed by atoms with Gasteiger partial charge in [0.1, 0.15) is 5.41 Å². The summed E-state index contributed by atoms with van der Waals surface area (Å²) >= 11 is 5.60. The van der Waals surface area contributed by atoms with Crippen molar-refractivity contribution in [2.75, 3.05) is 40.3 Å². The van der Waals surface area contributed by atoms with E-state index in [4.69, 9.17) is 18.0 Å². The second kappa shape index (κ2) is 10.0. The van der Waals surface area contributed by atoms with Gasteiger partial charge < -0.3 is 20.9 Å². The number of hydrogen-bond donors (Lipinski definition) is 2. The number of carbonyl (C=O) groups is 1. The molecular weight excluding hydrogens is 392 g/mol. The Labute approximate surface area is 185 Å². The van der Waals surface area contributed by atoms with Crippen LogP contribution in [0.4, 0.5) is 0 Å². The number of benzene rings is 2. The molecule has 2 aromatic carbocycles. The van der Waals surface area contributed by atoms with Gasteiger partial charge in [0.2, 0.25) is 5.91 Å². The van der Waals surface area contributed by atoms with E-state index in [0.717, 1.165) is 55.3 Å². The molecule has 2 aromatic rings. The molecule has 0 aromatic heterocycles. The van der Waals surface area contributed by atoms with E-state index in [-0.39, 0.29) is 11.8 Å². The highest BCUT2D eigenvalue weighted by molar-refractivity contribution is 7.80. The lowest BCUT2D eigenvalue weighted by Gasteiger charge is -2.44. The van der Waals surface area contributed by atoms with Gasteiger partial charge in [-0.3, -0.25) is 4.79 Å². The molecule has 1 saturated heterocycles. The normalized spacial score (nSPS) is 15.2. The molecule has 3 N–H and O–H groups in total. The number of hydrogen-bond acceptors (Lipinski definition) is 3. The van der Waals surface area contributed by atoms with Crippen LogP contribution in [0.25, 0.3) is 0 Å². The minimum absolute atomic E-state index is 0.112. The van der Waals surface area contributed by atoms with E-state index >= 15 is 0 Å². The van der Waals surface area contributed by atoms with Crippen LogP contribution in [0.2, 0.25) is 0 Å². The van der Waals surface area contributed by atoms with Gasteiger partial charge in [0.15, 0.2) is 5.11 Å². The number of likely N-dealkylation sites (N-methyl/N-ethyl adjacent to an activating group) is 1. The Kier molecular flexibility index (Phi) is 7.45. The summed E-state index contributed by atoms with van der Waals surface area (Å²) in [6.45, 7) is 3.38. The molecule has 0 atom stereocenters. The van der Waals surface area contributed by atoms with Crippen molar-refractivity contribution in [1.82, 2.24) is 15.1 Å². The zero-order chi connectivity index (χ0) is 21.6. The number of nitrogens with one attached hydrogen (secondary N) is 1. The number of primary amides is 1. The first-order valence-electron chi connectivity index (χ1n) is 10.5. The molecule has 3 rings (SSSR count). The Morgan fingerprint density at radius 3 is 2.00 bits per heavy atom. The molecule has 1 fully saturated rings. The number of carbonyl (C=O) groups excluding carboxylic acids is 1. The zero-order valence-electron chi connectivity index (χ0n) is 17.9. The van der Waals surface area contributed by atoms with E-state index in [0.29, 0.717) is 0 Å². The third-order valence-electron chi connectivity index (χ3n) is 6.08. The highest BCUT2D eigenvalue weighted by atomic mass is 32.1. The first kappa shape index (κ1) is 22.2. The first-order valence-corrected chi connectivity index (χ1v) is 11.0. The van der Waals surface area contributed by atoms with Crippen molar-refractivity contribution in [2.24, 2.45) is 11.7 Å². The van der Waals surface area contributed by atoms with Crippen molar-refractivity contribution in [3.05, 3.63) is 71.8 Å². The largest absolute Gasteiger partial charge is 0.369 e. The molecular formula is C24H32N4OS. The molecule has 30 heavy (non-hydrogen) atoms. The van der Waals surface area contributed by atoms with Gasteiger partial charge in [0.05, 0.1) is 0 Å². The van der Waals surface area contributed by atoms with Crippen LogP contribution in [0, 0.1) is 5.92 Å². The molecule has 6 heteroatoms. The molecule has 1 heterocycles. The van der Waals surface area contributed by atoms with Crippen molar-refractivity contribution >= 4 is 23.2 Å². The third-order valence-corrected chi connectivity index (χ3v) is 6.48. The molecule has 1 amide bonds. The second-order valence-electron chi connectivity index (χ2n) is 8.20. The van der Waals surface area contributed by atoms with Crippen LogP contribution in [0.5, 0.6) is 0 Å². The maximum atomic E-state index is 13.1. The molecule has 0 aliphatic carbocycles. The minimum Gasteiger partial charge on any atom is -0.369 e. The van der Waals surface area contributed by atoms with Crippen molar-refractivity contribution < 1.29 is 4.79 Å². The Balaban J connectivity index is 1.83. The van der Waals surface area contributed by atoms with Gasteiger partial charge in [0.25, 0.3) is 0 Å². The molecule has 0 bridgehead atoms. The number of likely N-dealkylation sites (tertiary alicyclic amines) is 1. The Hall–Kier alpha value is -2.44. The minimum atomic E-state index is -0.839. The molecule has 0 unspecified atom stereocenters. The van der Waals surface area contributed by atoms with E-state index < -0.39 is 5.41 Å². The predicted molar refractivity (Wildman–Crippen MR) is 126 cm³/mol. The lowest BCUT2D eigenvalue weighted by Crippen LogP contribution is -2.53. The van der Waals surface area contributed by atoms with Gasteiger partial charge in [-0.2, -0.15) is 0 Å². The van der Waals surface area contributed by atoms with Gasteiger partial charge in [0, 0.05) is 26.2 Å². The van der Waals surface area contributed by atoms with E-state index in [9.17, 15) is 4.79 Å². The van der Waals surface area contributed by atoms with Crippen LogP contribution in [0.1, 0.15) is 24.0 Å². The molecule has 0 saturated carbocycles. The van der Waals surface area contributed by atoms with Crippen LogP contribution in [0.3, 0.4) is 0 Å². The van der Waals surface area contributed by atoms with Gasteiger partial charge >= 0.3 is 0 Å². The summed E-state index contributed by atoms with van der Waals surface area (Å²) in [5.41, 5.74) is 7.25. The smallest absolute Gasteiger partial charge is 0.232 e. The summed E-state index contributed by atoms with van der Waals surface area (Å²) in [7, 11) is 4.10. The molecule has 160 valence electrons. The van der Waals surface area contributed by atoms with Gasteiger partial charge in [-0.15, -0.1) is 0 Å². The van der Waals surface area contributed by atoms with Crippen molar-refractivity contribution in [2.45, 2.75) is 18.3 Å². The monoisotopic (exact) mass is 424 g/mol. The molecule has 5 nitrogen and oxygen atoms in total. The number of piperidine rings is 1. The van der Waals surface area contributed by atoms with E-state index in [2.05, 4.69) is 15.1 Å². The number of thiocarbonyl (C=S) groups is 1. The van der Waals surface area contributed by atoms with Crippen molar-refractivity contribution in [3.63, 3.8) is 0 Å². The van der Waals surface area contributed by atoms with Crippen molar-refractivity contribution in [1.29, 1.82) is 0 Å². The van der Waals surface area contributed by atoms with Crippen molar-refractivity contribution in [3.8, 4) is 0 Å². The summed E-state index contributed by atoms with van der Waals surface area (Å²) in [6.07, 6.45) is 1.70. The van der Waals surface area contributed by atoms with Crippen LogP contribution >= 0.6 is 12.2 Å². The van der Waals surface area contributed by atoms with Gasteiger partial charge in [-0.25, -0.2) is 0 Å². The summed E-state index contributed by atoms with van der Waals surface area (Å²) in [4.78, 5) is 17.4. The highest BCUT2D eigenvalue weighted by Gasteiger charge is 2.48. The highest BCUT2D eigenvalue weighted by Crippen LogP contribution is 2.44. The molecule has 0 spiro atoms. The number of rotatable bonds is 7. The average molecular weight is 425 g/mol. The molecule has 1 aliphatic rings. The van der Waals surface area contributed by atoms with E-state index in [1.165, 1.54) is 0 Å². The maximum Gasteiger partial charge on any atom is 0.232 e. The molecule has 1 aliphatic heterocycles. The topological polar surface area (TPSA) is 61.6 Å². The SMILES string of the molecule is CN(C)CCNC(=S)N1CCC(C(C(N)=O)(c2ccccc2)c2ccccc2)CC1. The maximum absolute atomic E-state index is 13.1. The Bertz CT molecular complexity index is 793. The predicted octanol–water partition coefficient (Wildman–Crippen LogP) is 2.61. The summed E-state index contributed by atoms with van der Waals surface area (Å²) in [5, 5.41) is 4.14. The van der Waals surface area contributed by atoms with Gasteiger partial charge in [-0.1, -0.05) is 60.7 Å². The Morgan fingerprint density at radius 2 is 1.57 bits per heavy atom. The quantitative estimate of drug-likeness (QED) is 0.669. The fourth-order valence-corrected chi connectivity index (χ4v) is 4.82. The second-order valence-corrected chi connectivity index (χ2v) is 8.59. The number of nitrogens with two attached hydrogens (primary N) is 1. The fraction of sp³-hybridized carbons (Fsp3) is 0.417. The Morgan fingerprint density at radius 1 is 1.07 bits per heavy atom. The summed E-state index contributed by atoms with van der Waals surface area (Å²) in [6, 6.07) is 20.0. The van der Waals surface area contributed by atoms with Crippen LogP contribution in [0.15, 0.2) is 60.7 Å². The van der Waals surface area contributed by atoms with Crippen LogP contribution in [-0.2, 0) is 10.2 Å². The molecule has 0 radical (unpaired) electrons. The van der Waals surface area contributed by atoms with E-state index in [1.54, 1.807) is 0 Å². The lowest BCUT2D eigenvalue weighted by atomic mass is 9.62.